The van der Waals surface area contributed by atoms with Gasteiger partial charge >= 0.3 is 0 Å². The number of piperidine rings is 1. The number of ether oxygens (including phenoxy) is 2. The second kappa shape index (κ2) is 15.6. The van der Waals surface area contributed by atoms with Crippen molar-refractivity contribution in [3.63, 3.8) is 0 Å². The molecule has 10 nitrogen and oxygen atoms in total. The number of carbonyl (C=O) groups is 1. The van der Waals surface area contributed by atoms with Gasteiger partial charge in [-0.1, -0.05) is 59.6 Å². The summed E-state index contributed by atoms with van der Waals surface area (Å²) in [4.78, 5) is 21.3. The van der Waals surface area contributed by atoms with Crippen LogP contribution in [0.4, 0.5) is 4.39 Å². The molecule has 1 aliphatic carbocycles. The Kier molecular flexibility index (Phi) is 11.0. The normalized spacial score (nSPS) is 20.9. The van der Waals surface area contributed by atoms with Crippen LogP contribution in [-0.2, 0) is 26.4 Å². The predicted molar refractivity (Wildman–Crippen MR) is 202 cm³/mol. The Morgan fingerprint density at radius 1 is 1.06 bits per heavy atom. The maximum Gasteiger partial charge on any atom is 0.284 e. The monoisotopic (exact) mass is 765 g/mol. The van der Waals surface area contributed by atoms with Crippen molar-refractivity contribution in [1.82, 2.24) is 19.4 Å². The van der Waals surface area contributed by atoms with Crippen LogP contribution < -0.4 is 15.2 Å². The number of methoxy groups -OCH3 is 1. The van der Waals surface area contributed by atoms with Crippen molar-refractivity contribution < 1.29 is 28.9 Å². The zero-order valence-electron chi connectivity index (χ0n) is 30.2. The van der Waals surface area contributed by atoms with Gasteiger partial charge in [0.15, 0.2) is 11.6 Å². The van der Waals surface area contributed by atoms with Gasteiger partial charge in [-0.25, -0.2) is 9.37 Å². The van der Waals surface area contributed by atoms with E-state index in [1.165, 1.54) is 7.11 Å². The number of nitrogens with zero attached hydrogens (tertiary/aromatic N) is 4. The van der Waals surface area contributed by atoms with Crippen molar-refractivity contribution in [2.75, 3.05) is 40.0 Å². The Morgan fingerprint density at radius 2 is 1.81 bits per heavy atom. The van der Waals surface area contributed by atoms with Crippen LogP contribution in [0.1, 0.15) is 82.6 Å². The third-order valence-electron chi connectivity index (χ3n) is 11.3. The van der Waals surface area contributed by atoms with E-state index in [1.54, 1.807) is 17.7 Å². The van der Waals surface area contributed by atoms with Crippen molar-refractivity contribution in [2.45, 2.75) is 63.8 Å². The predicted octanol–water partition coefficient (Wildman–Crippen LogP) is 6.24. The summed E-state index contributed by atoms with van der Waals surface area (Å²) >= 11 is 14.0. The molecular formula is C40H46Cl2FN5O5. The number of imidazole rings is 1. The number of benzene rings is 3. The van der Waals surface area contributed by atoms with Crippen LogP contribution in [-0.4, -0.2) is 81.5 Å². The molecule has 1 aromatic heterocycles. The lowest BCUT2D eigenvalue weighted by Gasteiger charge is -2.39. The number of likely N-dealkylation sites (tertiary alicyclic amines) is 1. The number of primary amides is 1. The first-order valence-electron chi connectivity index (χ1n) is 18.2. The molecule has 13 heteroatoms. The standard InChI is InChI=1S/C40H46Cl2FN5O5/c1-22(20-49)48-16-14-30-37(45-40(39(44)51)46(30)2)38(48)28-11-5-10-27(34(28)41)24-8-4-9-26-25(24)12-13-31(26)53-33-17-32(52-3)29(36(43)35(33)42)19-47-15-6-7-23(18-47)21-50/h4-5,8-11,17,22-23,31,38,49-50H,6-7,12-16,18-21H2,1-3H3,(H2,44,51). The zero-order chi connectivity index (χ0) is 37.6. The van der Waals surface area contributed by atoms with Gasteiger partial charge in [0.05, 0.1) is 30.5 Å². The SMILES string of the molecule is COc1cc(OC2CCc3c(-c4cccc(C5c6nc(C(N)=O)n(C)c6CCN5C(C)CO)c4Cl)cccc32)c(Cl)c(F)c1CN1CCCC(CO)C1. The summed E-state index contributed by atoms with van der Waals surface area (Å²) in [7, 11) is 3.31. The summed E-state index contributed by atoms with van der Waals surface area (Å²) in [6.07, 6.45) is 3.51. The Balaban J connectivity index is 1.21. The maximum absolute atomic E-state index is 16.0. The second-order valence-corrected chi connectivity index (χ2v) is 15.2. The third-order valence-corrected chi connectivity index (χ3v) is 12.1. The van der Waals surface area contributed by atoms with E-state index in [2.05, 4.69) is 9.80 Å². The van der Waals surface area contributed by atoms with Gasteiger partial charge < -0.3 is 30.0 Å². The minimum atomic E-state index is -0.605. The van der Waals surface area contributed by atoms with Gasteiger partial charge in [-0.05, 0) is 67.3 Å². The fourth-order valence-corrected chi connectivity index (χ4v) is 9.07. The average molecular weight is 767 g/mol. The summed E-state index contributed by atoms with van der Waals surface area (Å²) in [5.74, 6) is -0.224. The molecule has 4 aromatic rings. The van der Waals surface area contributed by atoms with Crippen LogP contribution in [0.15, 0.2) is 42.5 Å². The van der Waals surface area contributed by atoms with E-state index in [9.17, 15) is 15.0 Å². The van der Waals surface area contributed by atoms with Crippen LogP contribution in [0.5, 0.6) is 11.5 Å². The molecule has 2 aliphatic heterocycles. The second-order valence-electron chi connectivity index (χ2n) is 14.4. The van der Waals surface area contributed by atoms with E-state index >= 15 is 4.39 Å². The maximum atomic E-state index is 16.0. The molecule has 7 rings (SSSR count). The van der Waals surface area contributed by atoms with Gasteiger partial charge in [0, 0.05) is 68.6 Å². The van der Waals surface area contributed by atoms with Crippen molar-refractivity contribution >= 4 is 29.1 Å². The molecule has 3 heterocycles. The molecule has 4 atom stereocenters. The van der Waals surface area contributed by atoms with Gasteiger partial charge in [0.25, 0.3) is 5.91 Å². The lowest BCUT2D eigenvalue weighted by atomic mass is 9.90. The number of aliphatic hydroxyl groups excluding tert-OH is 2. The minimum absolute atomic E-state index is 0.0573. The summed E-state index contributed by atoms with van der Waals surface area (Å²) < 4.78 is 29.9. The van der Waals surface area contributed by atoms with Crippen molar-refractivity contribution in [3.05, 3.63) is 97.8 Å². The summed E-state index contributed by atoms with van der Waals surface area (Å²) in [6, 6.07) is 13.0. The molecule has 0 bridgehead atoms. The highest BCUT2D eigenvalue weighted by atomic mass is 35.5. The highest BCUT2D eigenvalue weighted by Gasteiger charge is 2.38. The lowest BCUT2D eigenvalue weighted by Crippen LogP contribution is -2.44. The summed E-state index contributed by atoms with van der Waals surface area (Å²) in [5, 5.41) is 20.4. The number of rotatable bonds is 11. The molecule has 4 N–H and O–H groups in total. The molecule has 0 radical (unpaired) electrons. The molecule has 282 valence electrons. The van der Waals surface area contributed by atoms with Crippen LogP contribution in [0.2, 0.25) is 10.0 Å². The topological polar surface area (TPSA) is 126 Å². The Labute approximate surface area is 319 Å². The van der Waals surface area contributed by atoms with E-state index in [4.69, 9.17) is 43.4 Å². The van der Waals surface area contributed by atoms with Gasteiger partial charge in [-0.2, -0.15) is 0 Å². The zero-order valence-corrected chi connectivity index (χ0v) is 31.8. The number of hydrogen-bond donors (Lipinski definition) is 3. The number of hydrogen-bond acceptors (Lipinski definition) is 8. The van der Waals surface area contributed by atoms with E-state index < -0.39 is 17.8 Å². The molecule has 4 unspecified atom stereocenters. The fraction of sp³-hybridized carbons (Fsp3) is 0.450. The number of fused-ring (bicyclic) bond motifs is 2. The van der Waals surface area contributed by atoms with E-state index in [1.807, 2.05) is 43.3 Å². The highest BCUT2D eigenvalue weighted by Crippen LogP contribution is 2.47. The molecule has 0 spiro atoms. The number of carbonyl (C=O) groups excluding carboxylic acids is 1. The molecule has 3 aromatic carbocycles. The van der Waals surface area contributed by atoms with Crippen molar-refractivity contribution in [1.29, 1.82) is 0 Å². The molecular weight excluding hydrogens is 720 g/mol. The Bertz CT molecular complexity index is 2020. The first-order chi connectivity index (χ1) is 25.6. The van der Waals surface area contributed by atoms with Crippen molar-refractivity contribution in [3.8, 4) is 22.6 Å². The highest BCUT2D eigenvalue weighted by molar-refractivity contribution is 6.34. The molecule has 1 amide bonds. The first kappa shape index (κ1) is 37.6. The fourth-order valence-electron chi connectivity index (χ4n) is 8.53. The van der Waals surface area contributed by atoms with E-state index in [0.717, 1.165) is 52.9 Å². The summed E-state index contributed by atoms with van der Waals surface area (Å²) in [6.45, 7) is 4.47. The number of aromatic nitrogens is 2. The Hall–Kier alpha value is -3.71. The van der Waals surface area contributed by atoms with Crippen molar-refractivity contribution in [2.24, 2.45) is 18.7 Å². The average Bonchev–Trinajstić information content (AvgIpc) is 3.74. The molecule has 0 saturated carbocycles. The van der Waals surface area contributed by atoms with E-state index in [0.29, 0.717) is 60.9 Å². The number of aliphatic hydroxyl groups is 2. The number of nitrogens with two attached hydrogens (primary N) is 1. The molecule has 3 aliphatic rings. The van der Waals surface area contributed by atoms with Crippen LogP contribution in [0.25, 0.3) is 11.1 Å². The van der Waals surface area contributed by atoms with Crippen LogP contribution in [0.3, 0.4) is 0 Å². The number of halogens is 3. The van der Waals surface area contributed by atoms with Gasteiger partial charge in [-0.3, -0.25) is 14.6 Å². The quantitative estimate of drug-likeness (QED) is 0.164. The minimum Gasteiger partial charge on any atom is -0.496 e. The van der Waals surface area contributed by atoms with Gasteiger partial charge in [-0.15, -0.1) is 0 Å². The van der Waals surface area contributed by atoms with Gasteiger partial charge in [0.1, 0.15) is 22.6 Å². The van der Waals surface area contributed by atoms with E-state index in [-0.39, 0.29) is 47.9 Å². The first-order valence-corrected chi connectivity index (χ1v) is 19.0. The number of amides is 1. The molecule has 53 heavy (non-hydrogen) atoms. The summed E-state index contributed by atoms with van der Waals surface area (Å²) in [5.41, 5.74) is 12.4. The van der Waals surface area contributed by atoms with Crippen LogP contribution in [0, 0.1) is 11.7 Å². The Morgan fingerprint density at radius 3 is 2.53 bits per heavy atom. The smallest absolute Gasteiger partial charge is 0.284 e. The molecule has 1 saturated heterocycles. The van der Waals surface area contributed by atoms with Gasteiger partial charge in [0.2, 0.25) is 0 Å². The molecule has 1 fully saturated rings. The third kappa shape index (κ3) is 6.92. The largest absolute Gasteiger partial charge is 0.496 e. The lowest BCUT2D eigenvalue weighted by molar-refractivity contribution is 0.0983. The van der Waals surface area contributed by atoms with Crippen LogP contribution >= 0.6 is 23.2 Å².